The van der Waals surface area contributed by atoms with Crippen LogP contribution in [-0.4, -0.2) is 21.6 Å². The molecular formula is C12H16ClN3O. The number of hydrogen-bond acceptors (Lipinski definition) is 3. The number of methoxy groups -OCH3 is 1. The molecule has 2 rings (SSSR count). The minimum Gasteiger partial charge on any atom is -0.468 e. The highest BCUT2D eigenvalue weighted by molar-refractivity contribution is 6.31. The van der Waals surface area contributed by atoms with Crippen molar-refractivity contribution in [2.75, 3.05) is 7.11 Å². The molecule has 0 unspecified atom stereocenters. The Kier molecular flexibility index (Phi) is 3.52. The van der Waals surface area contributed by atoms with Crippen molar-refractivity contribution in [2.45, 2.75) is 32.7 Å². The van der Waals surface area contributed by atoms with E-state index in [-0.39, 0.29) is 0 Å². The van der Waals surface area contributed by atoms with E-state index in [1.165, 1.54) is 0 Å². The number of rotatable bonds is 4. The molecule has 2 aromatic heterocycles. The van der Waals surface area contributed by atoms with Gasteiger partial charge in [0, 0.05) is 12.2 Å². The summed E-state index contributed by atoms with van der Waals surface area (Å²) in [6.45, 7) is 4.30. The van der Waals surface area contributed by atoms with Crippen LogP contribution in [0.2, 0.25) is 5.02 Å². The number of pyridine rings is 1. The van der Waals surface area contributed by atoms with Crippen molar-refractivity contribution in [1.82, 2.24) is 14.5 Å². The lowest BCUT2D eigenvalue weighted by atomic mass is 10.1. The first kappa shape index (κ1) is 12.2. The lowest BCUT2D eigenvalue weighted by Crippen LogP contribution is -2.08. The van der Waals surface area contributed by atoms with Gasteiger partial charge in [-0.1, -0.05) is 25.4 Å². The van der Waals surface area contributed by atoms with E-state index in [0.717, 1.165) is 18.4 Å². The summed E-state index contributed by atoms with van der Waals surface area (Å²) in [5.74, 6) is 0. The molecule has 2 aromatic rings. The number of halogens is 1. The molecule has 0 aromatic carbocycles. The Bertz CT molecular complexity index is 520. The van der Waals surface area contributed by atoms with Crippen LogP contribution in [0, 0.1) is 0 Å². The molecule has 92 valence electrons. The fourth-order valence-electron chi connectivity index (χ4n) is 2.08. The monoisotopic (exact) mass is 253 g/mol. The average Bonchev–Trinajstić information content (AvgIpc) is 2.69. The summed E-state index contributed by atoms with van der Waals surface area (Å²) in [6, 6.07) is 2.84. The minimum atomic E-state index is 0.357. The predicted molar refractivity (Wildman–Crippen MR) is 68.7 cm³/mol. The summed E-state index contributed by atoms with van der Waals surface area (Å²) < 4.78 is 7.40. The molecule has 0 radical (unpaired) electrons. The highest BCUT2D eigenvalue weighted by Gasteiger charge is 2.18. The maximum absolute atomic E-state index is 5.99. The molecule has 0 aliphatic rings. The van der Waals surface area contributed by atoms with Crippen LogP contribution in [0.15, 0.2) is 12.3 Å². The van der Waals surface area contributed by atoms with Crippen LogP contribution in [0.1, 0.15) is 32.7 Å². The van der Waals surface area contributed by atoms with Crippen LogP contribution < -0.4 is 4.74 Å². The van der Waals surface area contributed by atoms with Gasteiger partial charge in [-0.15, -0.1) is 0 Å². The molecule has 0 bridgehead atoms. The van der Waals surface area contributed by atoms with E-state index in [1.54, 1.807) is 13.3 Å². The number of ether oxygens (including phenoxy) is 1. The van der Waals surface area contributed by atoms with E-state index in [2.05, 4.69) is 28.4 Å². The number of nitrogens with zero attached hydrogens (tertiary/aromatic N) is 3. The third-order valence-corrected chi connectivity index (χ3v) is 3.18. The first-order chi connectivity index (χ1) is 8.21. The molecule has 5 heteroatoms. The molecular weight excluding hydrogens is 238 g/mol. The van der Waals surface area contributed by atoms with Crippen molar-refractivity contribution >= 4 is 22.8 Å². The van der Waals surface area contributed by atoms with Gasteiger partial charge < -0.3 is 4.74 Å². The van der Waals surface area contributed by atoms with Gasteiger partial charge in [0.15, 0.2) is 5.65 Å². The van der Waals surface area contributed by atoms with Crippen LogP contribution >= 0.6 is 11.6 Å². The molecule has 17 heavy (non-hydrogen) atoms. The van der Waals surface area contributed by atoms with Crippen LogP contribution in [0.25, 0.3) is 11.2 Å². The van der Waals surface area contributed by atoms with Gasteiger partial charge in [0.2, 0.25) is 0 Å². The summed E-state index contributed by atoms with van der Waals surface area (Å²) in [6.07, 6.45) is 3.64. The van der Waals surface area contributed by atoms with Crippen molar-refractivity contribution in [3.8, 4) is 6.01 Å². The molecule has 2 heterocycles. The lowest BCUT2D eigenvalue weighted by Gasteiger charge is -2.17. The Balaban J connectivity index is 2.67. The first-order valence-electron chi connectivity index (χ1n) is 5.78. The van der Waals surface area contributed by atoms with Crippen LogP contribution in [0.5, 0.6) is 6.01 Å². The standard InChI is InChI=1S/C12H16ClN3O/c1-4-9(5-2)16-10-6-8(13)7-14-11(10)15-12(16)17-3/h6-7,9H,4-5H2,1-3H3. The summed E-state index contributed by atoms with van der Waals surface area (Å²) in [5.41, 5.74) is 1.61. The van der Waals surface area contributed by atoms with Gasteiger partial charge in [-0.2, -0.15) is 4.98 Å². The quantitative estimate of drug-likeness (QED) is 0.838. The van der Waals surface area contributed by atoms with Crippen LogP contribution in [-0.2, 0) is 0 Å². The first-order valence-corrected chi connectivity index (χ1v) is 6.16. The van der Waals surface area contributed by atoms with Crippen LogP contribution in [0.4, 0.5) is 0 Å². The lowest BCUT2D eigenvalue weighted by molar-refractivity contribution is 0.333. The Hall–Kier alpha value is -1.29. The molecule has 0 aliphatic heterocycles. The second-order valence-corrected chi connectivity index (χ2v) is 4.37. The number of hydrogen-bond donors (Lipinski definition) is 0. The van der Waals surface area contributed by atoms with E-state index >= 15 is 0 Å². The maximum Gasteiger partial charge on any atom is 0.298 e. The Labute approximate surface area is 106 Å². The Morgan fingerprint density at radius 1 is 1.41 bits per heavy atom. The zero-order valence-corrected chi connectivity index (χ0v) is 11.0. The largest absolute Gasteiger partial charge is 0.468 e. The molecule has 0 spiro atoms. The number of fused-ring (bicyclic) bond motifs is 1. The second kappa shape index (κ2) is 4.92. The van der Waals surface area contributed by atoms with Gasteiger partial charge in [-0.05, 0) is 18.9 Å². The Morgan fingerprint density at radius 2 is 2.12 bits per heavy atom. The summed E-state index contributed by atoms with van der Waals surface area (Å²) in [7, 11) is 1.63. The third-order valence-electron chi connectivity index (χ3n) is 2.97. The van der Waals surface area contributed by atoms with E-state index in [9.17, 15) is 0 Å². The van der Waals surface area contributed by atoms with E-state index in [0.29, 0.717) is 22.7 Å². The molecule has 0 atom stereocenters. The fourth-order valence-corrected chi connectivity index (χ4v) is 2.24. The van der Waals surface area contributed by atoms with Crippen molar-refractivity contribution < 1.29 is 4.74 Å². The molecule has 0 N–H and O–H groups in total. The smallest absolute Gasteiger partial charge is 0.298 e. The zero-order valence-electron chi connectivity index (χ0n) is 10.3. The molecule has 0 saturated heterocycles. The highest BCUT2D eigenvalue weighted by atomic mass is 35.5. The SMILES string of the molecule is CCC(CC)n1c(OC)nc2ncc(Cl)cc21. The Morgan fingerprint density at radius 3 is 2.71 bits per heavy atom. The van der Waals surface area contributed by atoms with Gasteiger partial charge in [0.1, 0.15) is 0 Å². The molecule has 0 saturated carbocycles. The second-order valence-electron chi connectivity index (χ2n) is 3.94. The minimum absolute atomic E-state index is 0.357. The number of imidazole rings is 1. The highest BCUT2D eigenvalue weighted by Crippen LogP contribution is 2.29. The normalized spacial score (nSPS) is 11.4. The summed E-state index contributed by atoms with van der Waals surface area (Å²) in [4.78, 5) is 8.58. The third kappa shape index (κ3) is 2.09. The molecule has 0 amide bonds. The zero-order chi connectivity index (χ0) is 12.4. The topological polar surface area (TPSA) is 39.9 Å². The van der Waals surface area contributed by atoms with Gasteiger partial charge in [0.05, 0.1) is 17.6 Å². The summed E-state index contributed by atoms with van der Waals surface area (Å²) >= 11 is 5.99. The van der Waals surface area contributed by atoms with E-state index < -0.39 is 0 Å². The van der Waals surface area contributed by atoms with Gasteiger partial charge in [-0.3, -0.25) is 4.57 Å². The predicted octanol–water partition coefficient (Wildman–Crippen LogP) is 3.45. The van der Waals surface area contributed by atoms with Gasteiger partial charge in [0.25, 0.3) is 6.01 Å². The molecule has 0 fully saturated rings. The summed E-state index contributed by atoms with van der Waals surface area (Å²) in [5, 5.41) is 0.618. The van der Waals surface area contributed by atoms with Crippen molar-refractivity contribution in [1.29, 1.82) is 0 Å². The molecule has 4 nitrogen and oxygen atoms in total. The van der Waals surface area contributed by atoms with Crippen LogP contribution in [0.3, 0.4) is 0 Å². The van der Waals surface area contributed by atoms with Crippen molar-refractivity contribution in [3.63, 3.8) is 0 Å². The van der Waals surface area contributed by atoms with E-state index in [1.807, 2.05) is 6.07 Å². The van der Waals surface area contributed by atoms with Gasteiger partial charge >= 0.3 is 0 Å². The van der Waals surface area contributed by atoms with Gasteiger partial charge in [-0.25, -0.2) is 4.98 Å². The van der Waals surface area contributed by atoms with Crippen molar-refractivity contribution in [2.24, 2.45) is 0 Å². The van der Waals surface area contributed by atoms with E-state index in [4.69, 9.17) is 16.3 Å². The van der Waals surface area contributed by atoms with Crippen molar-refractivity contribution in [3.05, 3.63) is 17.3 Å². The number of aromatic nitrogens is 3. The maximum atomic E-state index is 5.99. The average molecular weight is 254 g/mol. The molecule has 0 aliphatic carbocycles. The fraction of sp³-hybridized carbons (Fsp3) is 0.500.